The molecule has 0 saturated heterocycles. The van der Waals surface area contributed by atoms with E-state index >= 15 is 0 Å². The molecule has 0 aromatic heterocycles. The third-order valence-electron chi connectivity index (χ3n) is 0. The minimum Gasteiger partial charge on any atom is -0.344 e. The molecule has 0 saturated carbocycles. The van der Waals surface area contributed by atoms with Crippen LogP contribution in [0.2, 0.25) is 0 Å². The van der Waals surface area contributed by atoms with Gasteiger partial charge in [0.1, 0.15) is 0 Å². The summed E-state index contributed by atoms with van der Waals surface area (Å²) in [5, 5.41) is 0. The van der Waals surface area contributed by atoms with Crippen molar-refractivity contribution in [2.24, 2.45) is 0 Å². The Kier molecular flexibility index (Phi) is 982. The summed E-state index contributed by atoms with van der Waals surface area (Å²) in [5.41, 5.74) is 0. The molecule has 40 valence electrons. The van der Waals surface area contributed by atoms with Crippen molar-refractivity contribution in [3.63, 3.8) is 0 Å². The van der Waals surface area contributed by atoms with Gasteiger partial charge in [0.2, 0.25) is 0 Å². The second kappa shape index (κ2) is 52.5. The van der Waals surface area contributed by atoms with E-state index in [1.165, 1.54) is 0 Å². The summed E-state index contributed by atoms with van der Waals surface area (Å²) < 4.78 is 0. The molecule has 0 aliphatic rings. The van der Waals surface area contributed by atoms with Gasteiger partial charge in [0.05, 0.1) is 0 Å². The maximum Gasteiger partial charge on any atom is -0.0776 e. The van der Waals surface area contributed by atoms with Gasteiger partial charge in [-0.2, -0.15) is 0 Å². The molecule has 3 heteroatoms. The molecule has 0 aromatic rings. The average Bonchev–Trinajstić information content (AvgIpc) is 0. The van der Waals surface area contributed by atoms with E-state index in [1.54, 1.807) is 0 Å². The van der Waals surface area contributed by atoms with Crippen LogP contribution in [0.1, 0.15) is 14.9 Å². The van der Waals surface area contributed by atoms with Gasteiger partial charge in [-0.1, -0.05) is 14.9 Å². The summed E-state index contributed by atoms with van der Waals surface area (Å²) in [6.07, 6.45) is 0. The molecule has 0 bridgehead atoms. The van der Waals surface area contributed by atoms with Crippen molar-refractivity contribution in [1.82, 2.24) is 6.15 Å². The van der Waals surface area contributed by atoms with E-state index in [0.29, 0.717) is 0 Å². The highest BCUT2D eigenvalue weighted by molar-refractivity contribution is 14.0. The Labute approximate surface area is 68.5 Å². The van der Waals surface area contributed by atoms with Crippen LogP contribution in [0.3, 0.4) is 0 Å². The summed E-state index contributed by atoms with van der Waals surface area (Å²) in [6.45, 7) is 0. The van der Waals surface area contributed by atoms with E-state index in [1.807, 2.05) is 0 Å². The van der Waals surface area contributed by atoms with Crippen LogP contribution in [0, 0.1) is 0 Å². The van der Waals surface area contributed by atoms with E-state index in [0.717, 1.165) is 0 Å². The van der Waals surface area contributed by atoms with Crippen molar-refractivity contribution < 1.29 is 0 Å². The highest BCUT2D eigenvalue weighted by Crippen LogP contribution is 0.887. The fourth-order valence-corrected chi connectivity index (χ4v) is 0. The van der Waals surface area contributed by atoms with Crippen LogP contribution < -0.4 is 6.15 Å². The molecule has 1 nitrogen and oxygen atoms in total. The molecule has 0 atom stereocenters. The molecule has 0 aliphatic carbocycles. The first-order chi connectivity index (χ1) is 0. The Balaban J connectivity index is 0. The summed E-state index contributed by atoms with van der Waals surface area (Å²) >= 11 is 0. The largest absolute Gasteiger partial charge is 0.344 e. The zero-order valence-electron chi connectivity index (χ0n) is 1.52. The SMILES string of the molecule is C.C.I.I.N. The van der Waals surface area contributed by atoms with Gasteiger partial charge in [0.25, 0.3) is 0 Å². The first-order valence-corrected chi connectivity index (χ1v) is 0. The van der Waals surface area contributed by atoms with Gasteiger partial charge >= 0.3 is 0 Å². The molecule has 0 radical (unpaired) electrons. The lowest BCUT2D eigenvalue weighted by molar-refractivity contribution is 2.13. The van der Waals surface area contributed by atoms with E-state index in [9.17, 15) is 0 Å². The summed E-state index contributed by atoms with van der Waals surface area (Å²) in [5.74, 6) is 0. The Hall–Kier alpha value is 1.42. The summed E-state index contributed by atoms with van der Waals surface area (Å²) in [6, 6.07) is 0. The molecule has 0 spiro atoms. The highest BCUT2D eigenvalue weighted by Gasteiger charge is -0.0764. The maximum atomic E-state index is 0. The Morgan fingerprint density at radius 2 is 0.600 bits per heavy atom. The molecule has 0 unspecified atom stereocenters. The zero-order chi connectivity index (χ0) is 0. The second-order valence-corrected chi connectivity index (χ2v) is 0. The van der Waals surface area contributed by atoms with Crippen molar-refractivity contribution in [2.45, 2.75) is 14.9 Å². The molecule has 0 aliphatic heterocycles. The Morgan fingerprint density at radius 3 is 0.600 bits per heavy atom. The van der Waals surface area contributed by atoms with Crippen LogP contribution >= 0.6 is 48.0 Å². The first-order valence-electron chi connectivity index (χ1n) is 0. The Morgan fingerprint density at radius 1 is 0.600 bits per heavy atom. The van der Waals surface area contributed by atoms with Gasteiger partial charge in [-0.05, 0) is 0 Å². The van der Waals surface area contributed by atoms with E-state index in [2.05, 4.69) is 0 Å². The molecule has 0 heterocycles. The molecular formula is C2H13I2N. The van der Waals surface area contributed by atoms with Crippen LogP contribution in [0.4, 0.5) is 0 Å². The lowest BCUT2D eigenvalue weighted by Gasteiger charge is -0.344. The summed E-state index contributed by atoms with van der Waals surface area (Å²) in [7, 11) is 0. The number of hydrogen-bond acceptors (Lipinski definition) is 1. The Bertz CT molecular complexity index is 7.61. The van der Waals surface area contributed by atoms with Gasteiger partial charge in [0.15, 0.2) is 0 Å². The van der Waals surface area contributed by atoms with E-state index < -0.39 is 0 Å². The third-order valence-corrected chi connectivity index (χ3v) is 0. The van der Waals surface area contributed by atoms with Crippen LogP contribution in [0.15, 0.2) is 0 Å². The van der Waals surface area contributed by atoms with E-state index in [4.69, 9.17) is 0 Å². The standard InChI is InChI=1S/2CH4.2HI.H3N/h2*1H4;2*1H;1H3. The van der Waals surface area contributed by atoms with Crippen LogP contribution in [-0.4, -0.2) is 0 Å². The van der Waals surface area contributed by atoms with Crippen LogP contribution in [0.5, 0.6) is 0 Å². The molecular weight excluding hydrogens is 292 g/mol. The van der Waals surface area contributed by atoms with Crippen LogP contribution in [-0.2, 0) is 0 Å². The average molecular weight is 305 g/mol. The monoisotopic (exact) mass is 305 g/mol. The van der Waals surface area contributed by atoms with Gasteiger partial charge < -0.3 is 6.15 Å². The van der Waals surface area contributed by atoms with Crippen molar-refractivity contribution in [3.05, 3.63) is 0 Å². The summed E-state index contributed by atoms with van der Waals surface area (Å²) in [4.78, 5) is 0. The normalized spacial score (nSPS) is 0. The number of rotatable bonds is 0. The zero-order valence-corrected chi connectivity index (χ0v) is 6.18. The molecule has 5 heavy (non-hydrogen) atoms. The molecule has 0 rings (SSSR count). The van der Waals surface area contributed by atoms with Gasteiger partial charge in [-0.15, -0.1) is 48.0 Å². The topological polar surface area (TPSA) is 35.0 Å². The van der Waals surface area contributed by atoms with Gasteiger partial charge in [-0.25, -0.2) is 0 Å². The van der Waals surface area contributed by atoms with Crippen molar-refractivity contribution in [1.29, 1.82) is 0 Å². The minimum absolute atomic E-state index is 0. The van der Waals surface area contributed by atoms with Gasteiger partial charge in [0, 0.05) is 0 Å². The maximum absolute atomic E-state index is 0. The minimum atomic E-state index is 0. The van der Waals surface area contributed by atoms with E-state index in [-0.39, 0.29) is 69.0 Å². The van der Waals surface area contributed by atoms with Crippen molar-refractivity contribution in [2.75, 3.05) is 0 Å². The third kappa shape index (κ3) is 31.4. The number of hydrogen-bond donors (Lipinski definition) is 1. The first kappa shape index (κ1) is 93.5. The fourth-order valence-electron chi connectivity index (χ4n) is 0. The molecule has 0 amide bonds. The lowest BCUT2D eigenvalue weighted by Crippen LogP contribution is -0.481. The predicted molar refractivity (Wildman–Crippen MR) is 49.3 cm³/mol. The quantitative estimate of drug-likeness (QED) is 0.686. The second-order valence-electron chi connectivity index (χ2n) is 0. The van der Waals surface area contributed by atoms with Crippen molar-refractivity contribution >= 4 is 48.0 Å². The fraction of sp³-hybridized carbons (Fsp3) is 1.00. The molecule has 3 N–H and O–H groups in total. The smallest absolute Gasteiger partial charge is 0.0776 e. The van der Waals surface area contributed by atoms with Crippen LogP contribution in [0.25, 0.3) is 0 Å². The number of halogens is 2. The van der Waals surface area contributed by atoms with Crippen molar-refractivity contribution in [3.8, 4) is 0 Å². The highest BCUT2D eigenvalue weighted by atomic mass is 127. The lowest BCUT2D eigenvalue weighted by atomic mass is 12.0. The molecule has 0 fully saturated rings. The van der Waals surface area contributed by atoms with Gasteiger partial charge in [-0.3, -0.25) is 0 Å². The molecule has 0 aromatic carbocycles. The predicted octanol–water partition coefficient (Wildman–Crippen LogP) is 2.67.